The van der Waals surface area contributed by atoms with Crippen molar-refractivity contribution in [3.05, 3.63) is 28.7 Å². The third-order valence-electron chi connectivity index (χ3n) is 2.15. The second-order valence-corrected chi connectivity index (χ2v) is 6.64. The maximum Gasteiger partial charge on any atom is 0.414 e. The Kier molecular flexibility index (Phi) is 4.39. The predicted molar refractivity (Wildman–Crippen MR) is 82.9 cm³/mol. The highest BCUT2D eigenvalue weighted by molar-refractivity contribution is 9.10. The van der Waals surface area contributed by atoms with Crippen LogP contribution < -0.4 is 5.32 Å². The molecule has 0 fully saturated rings. The number of aromatic nitrogens is 2. The monoisotopic (exact) mass is 355 g/mol. The van der Waals surface area contributed by atoms with Crippen molar-refractivity contribution in [2.24, 2.45) is 0 Å². The van der Waals surface area contributed by atoms with E-state index in [0.29, 0.717) is 11.0 Å². The summed E-state index contributed by atoms with van der Waals surface area (Å²) in [6.45, 7) is 5.41. The lowest BCUT2D eigenvalue weighted by Gasteiger charge is -2.18. The largest absolute Gasteiger partial charge is 0.444 e. The SMILES string of the molecule is CC(C)(C)OC(=O)Nc1nc(-c2ccccc2Br)ns1. The van der Waals surface area contributed by atoms with E-state index < -0.39 is 11.7 Å². The summed E-state index contributed by atoms with van der Waals surface area (Å²) >= 11 is 4.56. The van der Waals surface area contributed by atoms with Crippen molar-refractivity contribution in [3.63, 3.8) is 0 Å². The molecule has 0 aliphatic heterocycles. The van der Waals surface area contributed by atoms with Gasteiger partial charge in [-0.15, -0.1) is 0 Å². The molecule has 0 aliphatic rings. The lowest BCUT2D eigenvalue weighted by Crippen LogP contribution is -2.27. The third kappa shape index (κ3) is 4.01. The quantitative estimate of drug-likeness (QED) is 0.871. The highest BCUT2D eigenvalue weighted by atomic mass is 79.9. The second-order valence-electron chi connectivity index (χ2n) is 5.03. The van der Waals surface area contributed by atoms with Gasteiger partial charge < -0.3 is 4.74 Å². The number of anilines is 1. The van der Waals surface area contributed by atoms with Gasteiger partial charge in [-0.3, -0.25) is 5.32 Å². The van der Waals surface area contributed by atoms with Crippen LogP contribution in [0.15, 0.2) is 28.7 Å². The Morgan fingerprint density at radius 2 is 2.05 bits per heavy atom. The summed E-state index contributed by atoms with van der Waals surface area (Å²) in [5, 5.41) is 2.98. The van der Waals surface area contributed by atoms with Gasteiger partial charge in [0.2, 0.25) is 5.13 Å². The minimum Gasteiger partial charge on any atom is -0.444 e. The van der Waals surface area contributed by atoms with Gasteiger partial charge >= 0.3 is 6.09 Å². The van der Waals surface area contributed by atoms with Gasteiger partial charge in [-0.1, -0.05) is 34.1 Å². The van der Waals surface area contributed by atoms with Crippen LogP contribution in [0, 0.1) is 0 Å². The van der Waals surface area contributed by atoms with Gasteiger partial charge in [0.1, 0.15) is 5.60 Å². The van der Waals surface area contributed by atoms with Crippen LogP contribution in [0.5, 0.6) is 0 Å². The van der Waals surface area contributed by atoms with E-state index in [4.69, 9.17) is 4.74 Å². The molecule has 20 heavy (non-hydrogen) atoms. The number of rotatable bonds is 2. The van der Waals surface area contributed by atoms with E-state index in [2.05, 4.69) is 30.6 Å². The Morgan fingerprint density at radius 1 is 1.35 bits per heavy atom. The molecule has 2 rings (SSSR count). The number of nitrogens with one attached hydrogen (secondary N) is 1. The number of amides is 1. The fourth-order valence-corrected chi connectivity index (χ4v) is 2.45. The van der Waals surface area contributed by atoms with Crippen LogP contribution in [-0.2, 0) is 4.74 Å². The molecule has 1 N–H and O–H groups in total. The standard InChI is InChI=1S/C13H14BrN3O2S/c1-13(2,3)19-12(18)16-11-15-10(17-20-11)8-6-4-5-7-9(8)14/h4-7H,1-3H3,(H,15,16,17,18). The zero-order valence-electron chi connectivity index (χ0n) is 11.3. The van der Waals surface area contributed by atoms with Crippen molar-refractivity contribution < 1.29 is 9.53 Å². The normalized spacial score (nSPS) is 11.2. The topological polar surface area (TPSA) is 64.1 Å². The summed E-state index contributed by atoms with van der Waals surface area (Å²) < 4.78 is 10.3. The smallest absolute Gasteiger partial charge is 0.414 e. The molecule has 7 heteroatoms. The number of halogens is 1. The van der Waals surface area contributed by atoms with Crippen LogP contribution in [0.25, 0.3) is 11.4 Å². The molecule has 0 saturated heterocycles. The Bertz CT molecular complexity index is 622. The van der Waals surface area contributed by atoms with Crippen LogP contribution >= 0.6 is 27.5 Å². The molecule has 0 spiro atoms. The molecule has 0 unspecified atom stereocenters. The number of carbonyl (C=O) groups is 1. The molecule has 106 valence electrons. The highest BCUT2D eigenvalue weighted by Crippen LogP contribution is 2.28. The zero-order valence-corrected chi connectivity index (χ0v) is 13.7. The van der Waals surface area contributed by atoms with Crippen molar-refractivity contribution in [1.29, 1.82) is 0 Å². The van der Waals surface area contributed by atoms with Crippen molar-refractivity contribution in [2.75, 3.05) is 5.32 Å². The van der Waals surface area contributed by atoms with Gasteiger partial charge in [-0.25, -0.2) is 4.79 Å². The molecular formula is C13H14BrN3O2S. The van der Waals surface area contributed by atoms with E-state index in [1.165, 1.54) is 0 Å². The minimum atomic E-state index is -0.542. The highest BCUT2D eigenvalue weighted by Gasteiger charge is 2.18. The van der Waals surface area contributed by atoms with Crippen molar-refractivity contribution in [3.8, 4) is 11.4 Å². The molecule has 0 saturated carbocycles. The molecule has 2 aromatic rings. The van der Waals surface area contributed by atoms with E-state index in [1.54, 1.807) is 20.8 Å². The molecule has 0 radical (unpaired) electrons. The van der Waals surface area contributed by atoms with E-state index in [1.807, 2.05) is 24.3 Å². The van der Waals surface area contributed by atoms with Gasteiger partial charge in [-0.2, -0.15) is 9.36 Å². The summed E-state index contributed by atoms with van der Waals surface area (Å²) in [6, 6.07) is 7.64. The summed E-state index contributed by atoms with van der Waals surface area (Å²) in [7, 11) is 0. The molecule has 0 bridgehead atoms. The first-order valence-electron chi connectivity index (χ1n) is 5.94. The Labute approximate surface area is 129 Å². The van der Waals surface area contributed by atoms with E-state index in [9.17, 15) is 4.79 Å². The Hall–Kier alpha value is -1.47. The maximum atomic E-state index is 11.6. The van der Waals surface area contributed by atoms with Crippen LogP contribution in [0.2, 0.25) is 0 Å². The van der Waals surface area contributed by atoms with Crippen molar-refractivity contribution in [2.45, 2.75) is 26.4 Å². The molecule has 1 aromatic heterocycles. The fraction of sp³-hybridized carbons (Fsp3) is 0.308. The van der Waals surface area contributed by atoms with Crippen molar-refractivity contribution >= 4 is 38.7 Å². The van der Waals surface area contributed by atoms with Gasteiger partial charge in [0.15, 0.2) is 5.82 Å². The van der Waals surface area contributed by atoms with Crippen LogP contribution in [0.4, 0.5) is 9.93 Å². The van der Waals surface area contributed by atoms with E-state index in [-0.39, 0.29) is 0 Å². The number of carbonyl (C=O) groups excluding carboxylic acids is 1. The van der Waals surface area contributed by atoms with Gasteiger partial charge in [0, 0.05) is 21.6 Å². The van der Waals surface area contributed by atoms with Crippen LogP contribution in [-0.4, -0.2) is 21.1 Å². The molecule has 1 aromatic carbocycles. The first-order chi connectivity index (χ1) is 9.35. The number of benzene rings is 1. The number of hydrogen-bond acceptors (Lipinski definition) is 5. The molecule has 0 aliphatic carbocycles. The van der Waals surface area contributed by atoms with Gasteiger partial charge in [0.05, 0.1) is 0 Å². The number of nitrogens with zero attached hydrogens (tertiary/aromatic N) is 2. The molecule has 1 amide bonds. The van der Waals surface area contributed by atoms with Gasteiger partial charge in [0.25, 0.3) is 0 Å². The lowest BCUT2D eigenvalue weighted by atomic mass is 10.2. The van der Waals surface area contributed by atoms with Crippen LogP contribution in [0.3, 0.4) is 0 Å². The lowest BCUT2D eigenvalue weighted by molar-refractivity contribution is 0.0636. The average molecular weight is 356 g/mol. The molecule has 5 nitrogen and oxygen atoms in total. The first-order valence-corrected chi connectivity index (χ1v) is 7.50. The van der Waals surface area contributed by atoms with Gasteiger partial charge in [-0.05, 0) is 26.8 Å². The minimum absolute atomic E-state index is 0.407. The second kappa shape index (κ2) is 5.88. The van der Waals surface area contributed by atoms with E-state index >= 15 is 0 Å². The molecule has 0 atom stereocenters. The first kappa shape index (κ1) is 14.9. The third-order valence-corrected chi connectivity index (χ3v) is 3.47. The number of ether oxygens (including phenoxy) is 1. The van der Waals surface area contributed by atoms with Crippen molar-refractivity contribution in [1.82, 2.24) is 9.36 Å². The summed E-state index contributed by atoms with van der Waals surface area (Å²) in [4.78, 5) is 15.9. The fourth-order valence-electron chi connectivity index (χ4n) is 1.42. The molecule has 1 heterocycles. The zero-order chi connectivity index (χ0) is 14.8. The summed E-state index contributed by atoms with van der Waals surface area (Å²) in [5.41, 5.74) is 0.334. The molecular weight excluding hydrogens is 342 g/mol. The number of hydrogen-bond donors (Lipinski definition) is 1. The summed E-state index contributed by atoms with van der Waals surface area (Å²) in [5.74, 6) is 0.563. The predicted octanol–water partition coefficient (Wildman–Crippen LogP) is 4.31. The van der Waals surface area contributed by atoms with Crippen LogP contribution in [0.1, 0.15) is 20.8 Å². The maximum absolute atomic E-state index is 11.6. The Morgan fingerprint density at radius 3 is 2.70 bits per heavy atom. The Balaban J connectivity index is 2.10. The average Bonchev–Trinajstić information content (AvgIpc) is 2.75. The summed E-state index contributed by atoms with van der Waals surface area (Å²) in [6.07, 6.45) is -0.535. The van der Waals surface area contributed by atoms with E-state index in [0.717, 1.165) is 21.6 Å².